The minimum atomic E-state index is -1.01. The van der Waals surface area contributed by atoms with Gasteiger partial charge < -0.3 is 9.47 Å². The summed E-state index contributed by atoms with van der Waals surface area (Å²) in [5.74, 6) is -0.0985. The molecule has 0 amide bonds. The maximum absolute atomic E-state index is 11.9. The van der Waals surface area contributed by atoms with Gasteiger partial charge in [-0.05, 0) is 41.5 Å². The van der Waals surface area contributed by atoms with Crippen molar-refractivity contribution in [3.05, 3.63) is 0 Å². The lowest BCUT2D eigenvalue weighted by Crippen LogP contribution is -2.41. The van der Waals surface area contributed by atoms with Gasteiger partial charge in [0.1, 0.15) is 12.7 Å². The molecule has 19 heavy (non-hydrogen) atoms. The Labute approximate surface area is 120 Å². The molecule has 0 heterocycles. The molecule has 2 unspecified atom stereocenters. The van der Waals surface area contributed by atoms with Crippen LogP contribution < -0.4 is 5.48 Å². The minimum Gasteiger partial charge on any atom is -0.461 e. The standard InChI is InChI=1S/C13H26ClNO4/c1-9(2)15-19-11(4)8-17-12(16)13(5,6)18-10(3)7-14/h9-11,15H,7-8H2,1-6H3. The summed E-state index contributed by atoms with van der Waals surface area (Å²) in [6.45, 7) is 11.0. The van der Waals surface area contributed by atoms with Crippen molar-refractivity contribution < 1.29 is 19.1 Å². The summed E-state index contributed by atoms with van der Waals surface area (Å²) in [5.41, 5.74) is 1.79. The van der Waals surface area contributed by atoms with Gasteiger partial charge in [0.15, 0.2) is 5.60 Å². The van der Waals surface area contributed by atoms with Crippen molar-refractivity contribution >= 4 is 17.6 Å². The molecule has 0 bridgehead atoms. The largest absolute Gasteiger partial charge is 0.461 e. The average molecular weight is 296 g/mol. The molecule has 0 aliphatic heterocycles. The zero-order valence-electron chi connectivity index (χ0n) is 12.7. The van der Waals surface area contributed by atoms with Crippen LogP contribution >= 0.6 is 11.6 Å². The predicted molar refractivity (Wildman–Crippen MR) is 75.1 cm³/mol. The van der Waals surface area contributed by atoms with Crippen LogP contribution in [-0.2, 0) is 19.1 Å². The van der Waals surface area contributed by atoms with E-state index in [1.54, 1.807) is 20.8 Å². The van der Waals surface area contributed by atoms with Crippen LogP contribution in [0.3, 0.4) is 0 Å². The number of nitrogens with one attached hydrogen (secondary N) is 1. The summed E-state index contributed by atoms with van der Waals surface area (Å²) >= 11 is 5.66. The third kappa shape index (κ3) is 8.42. The molecule has 0 aromatic carbocycles. The molecule has 114 valence electrons. The van der Waals surface area contributed by atoms with Crippen LogP contribution in [0.1, 0.15) is 41.5 Å². The van der Waals surface area contributed by atoms with Gasteiger partial charge in [0.25, 0.3) is 0 Å². The third-order valence-electron chi connectivity index (χ3n) is 2.16. The van der Waals surface area contributed by atoms with Crippen LogP contribution in [0.2, 0.25) is 0 Å². The highest BCUT2D eigenvalue weighted by atomic mass is 35.5. The van der Waals surface area contributed by atoms with Gasteiger partial charge in [0, 0.05) is 11.9 Å². The maximum atomic E-state index is 11.9. The fourth-order valence-corrected chi connectivity index (χ4v) is 1.30. The molecule has 0 saturated heterocycles. The highest BCUT2D eigenvalue weighted by molar-refractivity contribution is 6.18. The Balaban J connectivity index is 4.08. The first kappa shape index (κ1) is 18.6. The topological polar surface area (TPSA) is 56.8 Å². The Morgan fingerprint density at radius 3 is 2.26 bits per heavy atom. The predicted octanol–water partition coefficient (Wildman–Crippen LogP) is 2.27. The van der Waals surface area contributed by atoms with E-state index in [0.717, 1.165) is 0 Å². The molecule has 0 fully saturated rings. The smallest absolute Gasteiger partial charge is 0.337 e. The molecule has 6 heteroatoms. The minimum absolute atomic E-state index is 0.167. The van der Waals surface area contributed by atoms with Crippen molar-refractivity contribution in [1.29, 1.82) is 0 Å². The molecule has 0 saturated carbocycles. The van der Waals surface area contributed by atoms with Gasteiger partial charge in [-0.15, -0.1) is 11.6 Å². The fraction of sp³-hybridized carbons (Fsp3) is 0.923. The van der Waals surface area contributed by atoms with Crippen LogP contribution in [-0.4, -0.2) is 42.3 Å². The summed E-state index contributed by atoms with van der Waals surface area (Å²) in [7, 11) is 0. The van der Waals surface area contributed by atoms with E-state index >= 15 is 0 Å². The Kier molecular flexibility index (Phi) is 8.57. The number of esters is 1. The summed E-state index contributed by atoms with van der Waals surface area (Å²) < 4.78 is 10.7. The number of carbonyl (C=O) groups excluding carboxylic acids is 1. The second kappa shape index (κ2) is 8.74. The Bertz CT molecular complexity index is 271. The van der Waals surface area contributed by atoms with Gasteiger partial charge in [-0.3, -0.25) is 4.84 Å². The number of hydrogen-bond donors (Lipinski definition) is 1. The van der Waals surface area contributed by atoms with E-state index in [1.165, 1.54) is 0 Å². The van der Waals surface area contributed by atoms with Gasteiger partial charge in [-0.2, -0.15) is 5.48 Å². The van der Waals surface area contributed by atoms with Crippen molar-refractivity contribution in [2.75, 3.05) is 12.5 Å². The van der Waals surface area contributed by atoms with E-state index in [1.807, 2.05) is 20.8 Å². The van der Waals surface area contributed by atoms with Crippen molar-refractivity contribution in [2.45, 2.75) is 65.4 Å². The van der Waals surface area contributed by atoms with Gasteiger partial charge in [-0.1, -0.05) is 0 Å². The van der Waals surface area contributed by atoms with Crippen molar-refractivity contribution in [1.82, 2.24) is 5.48 Å². The number of ether oxygens (including phenoxy) is 2. The van der Waals surface area contributed by atoms with Crippen LogP contribution in [0.25, 0.3) is 0 Å². The number of hydroxylamine groups is 1. The number of alkyl halides is 1. The molecule has 0 radical (unpaired) electrons. The Hall–Kier alpha value is -0.360. The maximum Gasteiger partial charge on any atom is 0.337 e. The molecule has 1 N–H and O–H groups in total. The third-order valence-corrected chi connectivity index (χ3v) is 2.59. The summed E-state index contributed by atoms with van der Waals surface area (Å²) in [4.78, 5) is 17.2. The lowest BCUT2D eigenvalue weighted by molar-refractivity contribution is -0.177. The zero-order valence-corrected chi connectivity index (χ0v) is 13.4. The van der Waals surface area contributed by atoms with Crippen LogP contribution in [0.15, 0.2) is 0 Å². The molecular formula is C13H26ClNO4. The molecule has 5 nitrogen and oxygen atoms in total. The molecule has 0 aromatic heterocycles. The van der Waals surface area contributed by atoms with E-state index < -0.39 is 11.6 Å². The van der Waals surface area contributed by atoms with Crippen LogP contribution in [0.4, 0.5) is 0 Å². The lowest BCUT2D eigenvalue weighted by atomic mass is 10.1. The van der Waals surface area contributed by atoms with Crippen LogP contribution in [0, 0.1) is 0 Å². The first-order chi connectivity index (χ1) is 8.69. The van der Waals surface area contributed by atoms with E-state index in [9.17, 15) is 4.79 Å². The average Bonchev–Trinajstić information content (AvgIpc) is 2.32. The zero-order chi connectivity index (χ0) is 15.1. The van der Waals surface area contributed by atoms with E-state index in [4.69, 9.17) is 25.9 Å². The summed E-state index contributed by atoms with van der Waals surface area (Å²) in [6.07, 6.45) is -0.437. The molecule has 0 aromatic rings. The highest BCUT2D eigenvalue weighted by Gasteiger charge is 2.32. The van der Waals surface area contributed by atoms with E-state index in [2.05, 4.69) is 5.48 Å². The summed E-state index contributed by atoms with van der Waals surface area (Å²) in [6, 6.07) is 0.211. The molecule has 0 spiro atoms. The van der Waals surface area contributed by atoms with Gasteiger partial charge in [-0.25, -0.2) is 4.79 Å². The SMILES string of the molecule is CC(C)NOC(C)COC(=O)C(C)(C)OC(C)CCl. The number of hydrogen-bond acceptors (Lipinski definition) is 5. The number of halogens is 1. The summed E-state index contributed by atoms with van der Waals surface area (Å²) in [5, 5.41) is 0. The monoisotopic (exact) mass is 295 g/mol. The molecule has 0 rings (SSSR count). The molecule has 0 aliphatic carbocycles. The highest BCUT2D eigenvalue weighted by Crippen LogP contribution is 2.15. The quantitative estimate of drug-likeness (QED) is 0.402. The van der Waals surface area contributed by atoms with E-state index in [0.29, 0.717) is 5.88 Å². The molecule has 0 aliphatic rings. The molecule has 2 atom stereocenters. The van der Waals surface area contributed by atoms with Crippen molar-refractivity contribution in [3.8, 4) is 0 Å². The number of rotatable bonds is 9. The fourth-order valence-electron chi connectivity index (χ4n) is 1.24. The van der Waals surface area contributed by atoms with Crippen molar-refractivity contribution in [3.63, 3.8) is 0 Å². The number of carbonyl (C=O) groups is 1. The second-order valence-electron chi connectivity index (χ2n) is 5.39. The first-order valence-electron chi connectivity index (χ1n) is 6.51. The van der Waals surface area contributed by atoms with Gasteiger partial charge in [0.05, 0.1) is 6.10 Å². The lowest BCUT2D eigenvalue weighted by Gasteiger charge is -2.27. The van der Waals surface area contributed by atoms with Gasteiger partial charge in [0.2, 0.25) is 0 Å². The second-order valence-corrected chi connectivity index (χ2v) is 5.70. The van der Waals surface area contributed by atoms with E-state index in [-0.39, 0.29) is 24.9 Å². The van der Waals surface area contributed by atoms with Gasteiger partial charge >= 0.3 is 5.97 Å². The first-order valence-corrected chi connectivity index (χ1v) is 7.04. The normalized spacial score (nSPS) is 15.4. The van der Waals surface area contributed by atoms with Crippen LogP contribution in [0.5, 0.6) is 0 Å². The Morgan fingerprint density at radius 1 is 1.21 bits per heavy atom. The Morgan fingerprint density at radius 2 is 1.79 bits per heavy atom. The molecular weight excluding hydrogens is 270 g/mol. The van der Waals surface area contributed by atoms with Crippen molar-refractivity contribution in [2.24, 2.45) is 0 Å².